The second kappa shape index (κ2) is 5.52. The lowest BCUT2D eigenvalue weighted by Gasteiger charge is -2.12. The zero-order valence-electron chi connectivity index (χ0n) is 10.4. The maximum Gasteiger partial charge on any atom is 0.262 e. The van der Waals surface area contributed by atoms with Gasteiger partial charge in [-0.3, -0.25) is 4.72 Å². The average Bonchev–Trinajstić information content (AvgIpc) is 2.35. The van der Waals surface area contributed by atoms with Crippen LogP contribution in [-0.4, -0.2) is 13.5 Å². The monoisotopic (exact) mass is 331 g/mol. The molecule has 0 aliphatic heterocycles. The summed E-state index contributed by atoms with van der Waals surface area (Å²) < 4.78 is 26.7. The molecular formula is C13H11Cl2NO3S. The van der Waals surface area contributed by atoms with Gasteiger partial charge in [-0.2, -0.15) is 0 Å². The van der Waals surface area contributed by atoms with Gasteiger partial charge in [-0.25, -0.2) is 8.42 Å². The van der Waals surface area contributed by atoms with Crippen molar-refractivity contribution in [3.63, 3.8) is 0 Å². The molecule has 0 unspecified atom stereocenters. The number of rotatable bonds is 3. The van der Waals surface area contributed by atoms with Gasteiger partial charge in [0.1, 0.15) is 5.75 Å². The molecule has 0 amide bonds. The molecule has 0 radical (unpaired) electrons. The number of hydrogen-bond acceptors (Lipinski definition) is 3. The third kappa shape index (κ3) is 3.17. The lowest BCUT2D eigenvalue weighted by Crippen LogP contribution is -2.13. The van der Waals surface area contributed by atoms with Crippen molar-refractivity contribution in [3.05, 3.63) is 52.0 Å². The van der Waals surface area contributed by atoms with Crippen molar-refractivity contribution in [2.24, 2.45) is 0 Å². The molecule has 2 N–H and O–H groups in total. The molecule has 0 fully saturated rings. The van der Waals surface area contributed by atoms with Gasteiger partial charge in [0.2, 0.25) is 0 Å². The average molecular weight is 332 g/mol. The number of anilines is 1. The van der Waals surface area contributed by atoms with E-state index in [4.69, 9.17) is 23.2 Å². The highest BCUT2D eigenvalue weighted by Crippen LogP contribution is 2.32. The van der Waals surface area contributed by atoms with E-state index >= 15 is 0 Å². The molecule has 0 atom stereocenters. The molecule has 0 bridgehead atoms. The number of sulfonamides is 1. The van der Waals surface area contributed by atoms with Gasteiger partial charge in [-0.1, -0.05) is 29.3 Å². The van der Waals surface area contributed by atoms with E-state index in [0.717, 1.165) is 0 Å². The zero-order chi connectivity index (χ0) is 14.9. The van der Waals surface area contributed by atoms with Gasteiger partial charge in [-0.05, 0) is 42.8 Å². The third-order valence-electron chi connectivity index (χ3n) is 2.62. The second-order valence-corrected chi connectivity index (χ2v) is 6.74. The third-order valence-corrected chi connectivity index (χ3v) is 4.43. The van der Waals surface area contributed by atoms with Crippen LogP contribution in [0.1, 0.15) is 5.56 Å². The summed E-state index contributed by atoms with van der Waals surface area (Å²) >= 11 is 11.6. The van der Waals surface area contributed by atoms with Crippen molar-refractivity contribution in [1.29, 1.82) is 0 Å². The Labute approximate surface area is 127 Å². The molecule has 0 saturated heterocycles. The Bertz CT molecular complexity index is 760. The Balaban J connectivity index is 2.44. The van der Waals surface area contributed by atoms with Crippen molar-refractivity contribution < 1.29 is 13.5 Å². The Kier molecular flexibility index (Phi) is 4.13. The highest BCUT2D eigenvalue weighted by molar-refractivity contribution is 7.92. The molecule has 0 spiro atoms. The van der Waals surface area contributed by atoms with Crippen molar-refractivity contribution in [2.45, 2.75) is 11.8 Å². The minimum absolute atomic E-state index is 0.00188. The molecule has 4 nitrogen and oxygen atoms in total. The van der Waals surface area contributed by atoms with E-state index in [1.807, 2.05) is 0 Å². The maximum atomic E-state index is 12.2. The summed E-state index contributed by atoms with van der Waals surface area (Å²) in [6, 6.07) is 8.70. The number of phenols is 1. The predicted octanol–water partition coefficient (Wildman–Crippen LogP) is 3.81. The molecule has 2 aromatic carbocycles. The van der Waals surface area contributed by atoms with E-state index in [9.17, 15) is 13.5 Å². The van der Waals surface area contributed by atoms with Crippen LogP contribution in [-0.2, 0) is 10.0 Å². The van der Waals surface area contributed by atoms with Gasteiger partial charge in [-0.15, -0.1) is 0 Å². The van der Waals surface area contributed by atoms with Crippen LogP contribution < -0.4 is 4.72 Å². The Morgan fingerprint density at radius 2 is 1.80 bits per heavy atom. The molecule has 7 heteroatoms. The SMILES string of the molecule is Cc1cc(Cl)cc(NS(=O)(=O)c2cccc(Cl)c2)c1O. The van der Waals surface area contributed by atoms with Gasteiger partial charge in [0, 0.05) is 10.0 Å². The van der Waals surface area contributed by atoms with E-state index in [0.29, 0.717) is 15.6 Å². The Morgan fingerprint density at radius 1 is 1.10 bits per heavy atom. The highest BCUT2D eigenvalue weighted by Gasteiger charge is 2.17. The van der Waals surface area contributed by atoms with Crippen LogP contribution in [0.15, 0.2) is 41.3 Å². The second-order valence-electron chi connectivity index (χ2n) is 4.18. The molecule has 0 aliphatic rings. The number of phenolic OH excluding ortho intramolecular Hbond substituents is 1. The van der Waals surface area contributed by atoms with E-state index < -0.39 is 10.0 Å². The molecule has 20 heavy (non-hydrogen) atoms. The first kappa shape index (κ1) is 15.0. The summed E-state index contributed by atoms with van der Waals surface area (Å²) in [6.45, 7) is 1.62. The van der Waals surface area contributed by atoms with Crippen LogP contribution in [0.2, 0.25) is 10.0 Å². The van der Waals surface area contributed by atoms with Crippen molar-refractivity contribution in [2.75, 3.05) is 4.72 Å². The number of nitrogens with one attached hydrogen (secondary N) is 1. The van der Waals surface area contributed by atoms with E-state index in [2.05, 4.69) is 4.72 Å². The summed E-state index contributed by atoms with van der Waals surface area (Å²) in [4.78, 5) is 0.00188. The van der Waals surface area contributed by atoms with Gasteiger partial charge in [0.05, 0.1) is 10.6 Å². The van der Waals surface area contributed by atoms with E-state index in [-0.39, 0.29) is 16.3 Å². The Hall–Kier alpha value is -1.43. The minimum atomic E-state index is -3.84. The van der Waals surface area contributed by atoms with E-state index in [1.165, 1.54) is 30.3 Å². The van der Waals surface area contributed by atoms with Crippen molar-refractivity contribution in [3.8, 4) is 5.75 Å². The van der Waals surface area contributed by atoms with Crippen molar-refractivity contribution in [1.82, 2.24) is 0 Å². The van der Waals surface area contributed by atoms with Crippen LogP contribution in [0.4, 0.5) is 5.69 Å². The lowest BCUT2D eigenvalue weighted by atomic mass is 10.2. The first-order valence-corrected chi connectivity index (χ1v) is 7.81. The van der Waals surface area contributed by atoms with Gasteiger partial charge < -0.3 is 5.11 Å². The van der Waals surface area contributed by atoms with E-state index in [1.54, 1.807) is 13.0 Å². The van der Waals surface area contributed by atoms with Gasteiger partial charge in [0.15, 0.2) is 0 Å². The molecular weight excluding hydrogens is 321 g/mol. The van der Waals surface area contributed by atoms with Crippen LogP contribution in [0, 0.1) is 6.92 Å². The number of aryl methyl sites for hydroxylation is 1. The number of hydrogen-bond donors (Lipinski definition) is 2. The van der Waals surface area contributed by atoms with Gasteiger partial charge >= 0.3 is 0 Å². The first-order chi connectivity index (χ1) is 9.29. The quantitative estimate of drug-likeness (QED) is 0.840. The zero-order valence-corrected chi connectivity index (χ0v) is 12.7. The Morgan fingerprint density at radius 3 is 2.45 bits per heavy atom. The summed E-state index contributed by atoms with van der Waals surface area (Å²) in [5.41, 5.74) is 0.497. The number of aromatic hydroxyl groups is 1. The molecule has 2 aromatic rings. The topological polar surface area (TPSA) is 66.4 Å². The lowest BCUT2D eigenvalue weighted by molar-refractivity contribution is 0.473. The van der Waals surface area contributed by atoms with Crippen molar-refractivity contribution >= 4 is 38.9 Å². The number of benzene rings is 2. The molecule has 0 aliphatic carbocycles. The van der Waals surface area contributed by atoms with Gasteiger partial charge in [0.25, 0.3) is 10.0 Å². The summed E-state index contributed by atoms with van der Waals surface area (Å²) in [5.74, 6) is -0.167. The molecule has 106 valence electrons. The summed E-state index contributed by atoms with van der Waals surface area (Å²) in [5, 5.41) is 10.5. The molecule has 2 rings (SSSR count). The highest BCUT2D eigenvalue weighted by atomic mass is 35.5. The fourth-order valence-corrected chi connectivity index (χ4v) is 3.28. The molecule has 0 saturated carbocycles. The molecule has 0 heterocycles. The fourth-order valence-electron chi connectivity index (χ4n) is 1.65. The molecule has 0 aromatic heterocycles. The fraction of sp³-hybridized carbons (Fsp3) is 0.0769. The largest absolute Gasteiger partial charge is 0.505 e. The normalized spacial score (nSPS) is 11.3. The summed E-state index contributed by atoms with van der Waals surface area (Å²) in [6.07, 6.45) is 0. The smallest absolute Gasteiger partial charge is 0.262 e. The standard InChI is InChI=1S/C13H11Cl2NO3S/c1-8-5-10(15)7-12(13(8)17)16-20(18,19)11-4-2-3-9(14)6-11/h2-7,16-17H,1H3. The first-order valence-electron chi connectivity index (χ1n) is 5.57. The predicted molar refractivity (Wildman–Crippen MR) is 80.1 cm³/mol. The number of halogens is 2. The van der Waals surface area contributed by atoms with Crippen LogP contribution in [0.3, 0.4) is 0 Å². The van der Waals surface area contributed by atoms with Crippen LogP contribution in [0.5, 0.6) is 5.75 Å². The summed E-state index contributed by atoms with van der Waals surface area (Å²) in [7, 11) is -3.84. The maximum absolute atomic E-state index is 12.2. The minimum Gasteiger partial charge on any atom is -0.505 e. The van der Waals surface area contributed by atoms with Crippen LogP contribution >= 0.6 is 23.2 Å². The van der Waals surface area contributed by atoms with Crippen LogP contribution in [0.25, 0.3) is 0 Å².